The highest BCUT2D eigenvalue weighted by Gasteiger charge is 2.31. The summed E-state index contributed by atoms with van der Waals surface area (Å²) in [4.78, 5) is 16.3. The number of anilines is 1. The Morgan fingerprint density at radius 3 is 2.53 bits per heavy atom. The molecule has 1 aliphatic heterocycles. The van der Waals surface area contributed by atoms with Crippen molar-refractivity contribution in [1.82, 2.24) is 15.6 Å². The molecule has 4 N–H and O–H groups in total. The van der Waals surface area contributed by atoms with E-state index >= 15 is 0 Å². The Morgan fingerprint density at radius 2 is 1.72 bits per heavy atom. The molecular formula is C30H34N4O2. The van der Waals surface area contributed by atoms with Crippen molar-refractivity contribution in [2.24, 2.45) is 0 Å². The average molecular weight is 483 g/mol. The van der Waals surface area contributed by atoms with Crippen LogP contribution in [0.4, 0.5) is 10.5 Å². The second-order valence-electron chi connectivity index (χ2n) is 10.4. The normalized spacial score (nSPS) is 18.5. The number of carbonyl (C=O) groups excluding carboxylic acids is 1. The number of H-pyrrole nitrogens is 1. The number of aromatic nitrogens is 1. The van der Waals surface area contributed by atoms with Gasteiger partial charge in [-0.05, 0) is 56.0 Å². The summed E-state index contributed by atoms with van der Waals surface area (Å²) < 4.78 is 5.65. The minimum Gasteiger partial charge on any atom is -0.444 e. The van der Waals surface area contributed by atoms with E-state index in [9.17, 15) is 4.79 Å². The van der Waals surface area contributed by atoms with E-state index in [2.05, 4.69) is 75.5 Å². The van der Waals surface area contributed by atoms with Gasteiger partial charge in [0, 0.05) is 29.3 Å². The van der Waals surface area contributed by atoms with Crippen molar-refractivity contribution in [2.45, 2.75) is 50.9 Å². The molecule has 4 aromatic rings. The van der Waals surface area contributed by atoms with E-state index in [1.165, 1.54) is 11.1 Å². The largest absolute Gasteiger partial charge is 0.444 e. The molecule has 1 unspecified atom stereocenters. The first-order valence-electron chi connectivity index (χ1n) is 12.6. The number of hydrogen-bond acceptors (Lipinski definition) is 4. The van der Waals surface area contributed by atoms with Gasteiger partial charge in [-0.2, -0.15) is 0 Å². The number of alkyl carbamates (subject to hydrolysis) is 1. The summed E-state index contributed by atoms with van der Waals surface area (Å²) in [6, 6.07) is 26.9. The molecule has 36 heavy (non-hydrogen) atoms. The molecule has 1 aliphatic rings. The van der Waals surface area contributed by atoms with Crippen molar-refractivity contribution in [2.75, 3.05) is 11.9 Å². The van der Waals surface area contributed by atoms with Crippen molar-refractivity contribution in [1.29, 1.82) is 0 Å². The predicted octanol–water partition coefficient (Wildman–Crippen LogP) is 5.78. The number of para-hydroxylation sites is 2. The molecule has 0 saturated heterocycles. The van der Waals surface area contributed by atoms with Crippen LogP contribution >= 0.6 is 0 Å². The molecule has 1 aromatic heterocycles. The standard InChI is InChI=1S/C30H34N4O2/c1-30(2,3)36-29(35)34-26(17-21-18-31-24-15-9-7-13-22(21)24)27-19-32-28(20-11-5-4-6-12-20)23-14-8-10-16-25(23)33-27/h4-16,18,26-28,31-33H,17,19H2,1-3H3,(H,34,35)/t26-,27-,28?/m0/s1. The highest BCUT2D eigenvalue weighted by atomic mass is 16.6. The molecule has 3 aromatic carbocycles. The minimum atomic E-state index is -0.574. The van der Waals surface area contributed by atoms with Gasteiger partial charge in [0.1, 0.15) is 5.60 Å². The zero-order valence-electron chi connectivity index (χ0n) is 21.0. The second kappa shape index (κ2) is 10.1. The lowest BCUT2D eigenvalue weighted by Gasteiger charge is -2.30. The molecule has 0 spiro atoms. The van der Waals surface area contributed by atoms with Gasteiger partial charge in [0.2, 0.25) is 0 Å². The fourth-order valence-corrected chi connectivity index (χ4v) is 4.96. The van der Waals surface area contributed by atoms with Crippen molar-refractivity contribution in [3.8, 4) is 0 Å². The van der Waals surface area contributed by atoms with Gasteiger partial charge in [-0.15, -0.1) is 0 Å². The van der Waals surface area contributed by atoms with Crippen LogP contribution in [0.3, 0.4) is 0 Å². The second-order valence-corrected chi connectivity index (χ2v) is 10.4. The quantitative estimate of drug-likeness (QED) is 0.291. The Bertz CT molecular complexity index is 1330. The van der Waals surface area contributed by atoms with Gasteiger partial charge in [-0.3, -0.25) is 0 Å². The summed E-state index contributed by atoms with van der Waals surface area (Å²) in [5.74, 6) is 0. The summed E-state index contributed by atoms with van der Waals surface area (Å²) in [6.07, 6.45) is 2.28. The maximum Gasteiger partial charge on any atom is 0.407 e. The topological polar surface area (TPSA) is 78.2 Å². The third-order valence-electron chi connectivity index (χ3n) is 6.59. The van der Waals surface area contributed by atoms with Gasteiger partial charge < -0.3 is 25.7 Å². The first kappa shape index (κ1) is 23.9. The Kier molecular flexibility index (Phi) is 6.70. The van der Waals surface area contributed by atoms with Crippen molar-refractivity contribution in [3.63, 3.8) is 0 Å². The van der Waals surface area contributed by atoms with Crippen LogP contribution < -0.4 is 16.0 Å². The predicted molar refractivity (Wildman–Crippen MR) is 145 cm³/mol. The van der Waals surface area contributed by atoms with Gasteiger partial charge >= 0.3 is 6.09 Å². The maximum absolute atomic E-state index is 12.9. The first-order chi connectivity index (χ1) is 17.4. The molecule has 0 saturated carbocycles. The van der Waals surface area contributed by atoms with Crippen LogP contribution in [0.5, 0.6) is 0 Å². The van der Waals surface area contributed by atoms with Gasteiger partial charge in [0.15, 0.2) is 0 Å². The molecule has 0 fully saturated rings. The lowest BCUT2D eigenvalue weighted by atomic mass is 9.97. The molecule has 6 heteroatoms. The number of rotatable bonds is 5. The number of fused-ring (bicyclic) bond motifs is 2. The summed E-state index contributed by atoms with van der Waals surface area (Å²) in [6.45, 7) is 6.31. The summed E-state index contributed by atoms with van der Waals surface area (Å²) in [5, 5.41) is 11.9. The van der Waals surface area contributed by atoms with E-state index in [0.717, 1.165) is 22.2 Å². The Labute approximate surface area is 212 Å². The van der Waals surface area contributed by atoms with Gasteiger partial charge in [-0.25, -0.2) is 4.79 Å². The van der Waals surface area contributed by atoms with E-state index in [1.54, 1.807) is 0 Å². The molecule has 0 aliphatic carbocycles. The monoisotopic (exact) mass is 482 g/mol. The Morgan fingerprint density at radius 1 is 1.00 bits per heavy atom. The zero-order valence-corrected chi connectivity index (χ0v) is 21.0. The number of benzene rings is 3. The average Bonchev–Trinajstić information content (AvgIpc) is 3.15. The van der Waals surface area contributed by atoms with E-state index < -0.39 is 11.7 Å². The summed E-state index contributed by atoms with van der Waals surface area (Å²) in [5.41, 5.74) is 5.14. The van der Waals surface area contributed by atoms with E-state index in [1.807, 2.05) is 51.2 Å². The van der Waals surface area contributed by atoms with Crippen LogP contribution in [0.15, 0.2) is 85.1 Å². The van der Waals surface area contributed by atoms with Gasteiger partial charge in [0.25, 0.3) is 0 Å². The van der Waals surface area contributed by atoms with Crippen LogP contribution in [-0.2, 0) is 11.2 Å². The molecule has 3 atom stereocenters. The van der Waals surface area contributed by atoms with Gasteiger partial charge in [0.05, 0.1) is 18.1 Å². The number of amides is 1. The van der Waals surface area contributed by atoms with Gasteiger partial charge in [-0.1, -0.05) is 66.7 Å². The van der Waals surface area contributed by atoms with Crippen molar-refractivity contribution in [3.05, 3.63) is 102 Å². The molecule has 5 rings (SSSR count). The van der Waals surface area contributed by atoms with Crippen LogP contribution in [-0.4, -0.2) is 35.3 Å². The van der Waals surface area contributed by atoms with Crippen LogP contribution in [0.1, 0.15) is 43.5 Å². The maximum atomic E-state index is 12.9. The first-order valence-corrected chi connectivity index (χ1v) is 12.6. The van der Waals surface area contributed by atoms with Crippen LogP contribution in [0.25, 0.3) is 10.9 Å². The van der Waals surface area contributed by atoms with Crippen molar-refractivity contribution >= 4 is 22.7 Å². The lowest BCUT2D eigenvalue weighted by molar-refractivity contribution is 0.0498. The molecule has 6 nitrogen and oxygen atoms in total. The third-order valence-corrected chi connectivity index (χ3v) is 6.59. The highest BCUT2D eigenvalue weighted by Crippen LogP contribution is 2.32. The van der Waals surface area contributed by atoms with Crippen LogP contribution in [0, 0.1) is 0 Å². The smallest absolute Gasteiger partial charge is 0.407 e. The molecule has 186 valence electrons. The lowest BCUT2D eigenvalue weighted by Crippen LogP contribution is -2.52. The van der Waals surface area contributed by atoms with Crippen molar-refractivity contribution < 1.29 is 9.53 Å². The van der Waals surface area contributed by atoms with E-state index in [0.29, 0.717) is 13.0 Å². The number of aromatic amines is 1. The fraction of sp³-hybridized carbons (Fsp3) is 0.300. The highest BCUT2D eigenvalue weighted by molar-refractivity contribution is 5.83. The molecule has 0 radical (unpaired) electrons. The number of carbonyl (C=O) groups is 1. The summed E-state index contributed by atoms with van der Waals surface area (Å²) >= 11 is 0. The summed E-state index contributed by atoms with van der Waals surface area (Å²) in [7, 11) is 0. The Hall–Kier alpha value is -3.77. The SMILES string of the molecule is CC(C)(C)OC(=O)N[C@@H](Cc1c[nH]c2ccccc12)[C@@H]1CNC(c2ccccc2)c2ccccc2N1. The molecule has 2 heterocycles. The molecule has 0 bridgehead atoms. The number of nitrogens with one attached hydrogen (secondary N) is 4. The van der Waals surface area contributed by atoms with E-state index in [-0.39, 0.29) is 18.1 Å². The molecule has 1 amide bonds. The van der Waals surface area contributed by atoms with E-state index in [4.69, 9.17) is 4.74 Å². The third kappa shape index (κ3) is 5.39. The molecular weight excluding hydrogens is 448 g/mol. The fourth-order valence-electron chi connectivity index (χ4n) is 4.96. The van der Waals surface area contributed by atoms with Crippen LogP contribution in [0.2, 0.25) is 0 Å². The Balaban J connectivity index is 1.47. The number of hydrogen-bond donors (Lipinski definition) is 4. The minimum absolute atomic E-state index is 0.0511. The zero-order chi connectivity index (χ0) is 25.1. The number of ether oxygens (including phenoxy) is 1.